The zero-order valence-corrected chi connectivity index (χ0v) is 12.4. The van der Waals surface area contributed by atoms with Crippen LogP contribution in [0.5, 0.6) is 0 Å². The molecule has 0 aliphatic carbocycles. The van der Waals surface area contributed by atoms with Crippen LogP contribution >= 0.6 is 0 Å². The first-order valence-corrected chi connectivity index (χ1v) is 7.41. The average molecular weight is 297 g/mol. The molecule has 0 spiro atoms. The summed E-state index contributed by atoms with van der Waals surface area (Å²) in [4.78, 5) is 24.7. The monoisotopic (exact) mass is 297 g/mol. The fourth-order valence-corrected chi connectivity index (χ4v) is 2.46. The van der Waals surface area contributed by atoms with Crippen molar-refractivity contribution in [3.63, 3.8) is 0 Å². The number of anilines is 2. The average Bonchev–Trinajstić information content (AvgIpc) is 2.61. The third-order valence-corrected chi connectivity index (χ3v) is 3.68. The number of nitrogens with zero attached hydrogens (tertiary/aromatic N) is 4. The van der Waals surface area contributed by atoms with Crippen LogP contribution in [0.15, 0.2) is 48.8 Å². The van der Waals surface area contributed by atoms with Gasteiger partial charge in [0.1, 0.15) is 0 Å². The maximum Gasteiger partial charge on any atom is 0.241 e. The van der Waals surface area contributed by atoms with E-state index in [0.717, 1.165) is 24.7 Å². The fourth-order valence-electron chi connectivity index (χ4n) is 2.46. The molecule has 1 N–H and O–H groups in total. The summed E-state index contributed by atoms with van der Waals surface area (Å²) >= 11 is 0. The highest BCUT2D eigenvalue weighted by molar-refractivity contribution is 5.81. The molecule has 0 unspecified atom stereocenters. The molecule has 1 amide bonds. The van der Waals surface area contributed by atoms with Gasteiger partial charge in [0.25, 0.3) is 0 Å². The van der Waals surface area contributed by atoms with Crippen LogP contribution in [0, 0.1) is 0 Å². The van der Waals surface area contributed by atoms with Crippen molar-refractivity contribution < 1.29 is 4.79 Å². The van der Waals surface area contributed by atoms with Gasteiger partial charge in [0, 0.05) is 44.3 Å². The molecule has 0 radical (unpaired) electrons. The Morgan fingerprint density at radius 1 is 1.00 bits per heavy atom. The summed E-state index contributed by atoms with van der Waals surface area (Å²) in [6, 6.07) is 11.6. The Kier molecular flexibility index (Phi) is 4.48. The molecule has 22 heavy (non-hydrogen) atoms. The van der Waals surface area contributed by atoms with Crippen molar-refractivity contribution in [2.24, 2.45) is 0 Å². The largest absolute Gasteiger partial charge is 0.376 e. The summed E-state index contributed by atoms with van der Waals surface area (Å²) < 4.78 is 0. The SMILES string of the molecule is O=C(CNc1ccccc1)N1CCN(c2ncccn2)CC1. The van der Waals surface area contributed by atoms with E-state index in [-0.39, 0.29) is 5.91 Å². The summed E-state index contributed by atoms with van der Waals surface area (Å²) in [7, 11) is 0. The number of benzene rings is 1. The molecule has 2 heterocycles. The van der Waals surface area contributed by atoms with Crippen molar-refractivity contribution in [2.45, 2.75) is 0 Å². The van der Waals surface area contributed by atoms with Gasteiger partial charge in [0.05, 0.1) is 6.54 Å². The number of carbonyl (C=O) groups excluding carboxylic acids is 1. The summed E-state index contributed by atoms with van der Waals surface area (Å²) in [6.07, 6.45) is 3.48. The molecular formula is C16H19N5O. The molecule has 1 aromatic heterocycles. The Morgan fingerprint density at radius 2 is 1.68 bits per heavy atom. The first kappa shape index (κ1) is 14.3. The Balaban J connectivity index is 1.48. The van der Waals surface area contributed by atoms with Crippen LogP contribution in [-0.2, 0) is 4.79 Å². The van der Waals surface area contributed by atoms with Gasteiger partial charge in [-0.1, -0.05) is 18.2 Å². The summed E-state index contributed by atoms with van der Waals surface area (Å²) in [5.41, 5.74) is 0.965. The van der Waals surface area contributed by atoms with Crippen LogP contribution in [0.4, 0.5) is 11.6 Å². The minimum atomic E-state index is 0.123. The zero-order chi connectivity index (χ0) is 15.2. The van der Waals surface area contributed by atoms with E-state index in [4.69, 9.17) is 0 Å². The lowest BCUT2D eigenvalue weighted by Crippen LogP contribution is -2.50. The number of para-hydroxylation sites is 1. The highest BCUT2D eigenvalue weighted by Gasteiger charge is 2.21. The second-order valence-corrected chi connectivity index (χ2v) is 5.14. The standard InChI is InChI=1S/C16H19N5O/c22-15(13-19-14-5-2-1-3-6-14)20-9-11-21(12-10-20)16-17-7-4-8-18-16/h1-8,19H,9-13H2. The van der Waals surface area contributed by atoms with Gasteiger partial charge in [-0.3, -0.25) is 4.79 Å². The molecule has 1 saturated heterocycles. The van der Waals surface area contributed by atoms with Crippen molar-refractivity contribution in [1.82, 2.24) is 14.9 Å². The predicted octanol–water partition coefficient (Wildman–Crippen LogP) is 1.24. The lowest BCUT2D eigenvalue weighted by molar-refractivity contribution is -0.129. The molecule has 0 saturated carbocycles. The van der Waals surface area contributed by atoms with E-state index in [1.54, 1.807) is 18.5 Å². The molecule has 1 fully saturated rings. The highest BCUT2D eigenvalue weighted by Crippen LogP contribution is 2.10. The van der Waals surface area contributed by atoms with Crippen molar-refractivity contribution >= 4 is 17.5 Å². The van der Waals surface area contributed by atoms with Gasteiger partial charge < -0.3 is 15.1 Å². The maximum atomic E-state index is 12.2. The Labute approximate surface area is 129 Å². The first-order valence-electron chi connectivity index (χ1n) is 7.41. The van der Waals surface area contributed by atoms with Gasteiger partial charge in [-0.15, -0.1) is 0 Å². The van der Waals surface area contributed by atoms with E-state index in [1.165, 1.54) is 0 Å². The summed E-state index contributed by atoms with van der Waals surface area (Å²) in [5.74, 6) is 0.856. The van der Waals surface area contributed by atoms with Crippen LogP contribution in [0.2, 0.25) is 0 Å². The minimum Gasteiger partial charge on any atom is -0.376 e. The van der Waals surface area contributed by atoms with Crippen molar-refractivity contribution in [1.29, 1.82) is 0 Å². The van der Waals surface area contributed by atoms with Crippen molar-refractivity contribution in [3.8, 4) is 0 Å². The van der Waals surface area contributed by atoms with Crippen LogP contribution in [-0.4, -0.2) is 53.5 Å². The Hall–Kier alpha value is -2.63. The van der Waals surface area contributed by atoms with Gasteiger partial charge >= 0.3 is 0 Å². The molecule has 0 bridgehead atoms. The number of rotatable bonds is 4. The molecule has 1 aliphatic heterocycles. The van der Waals surface area contributed by atoms with E-state index in [9.17, 15) is 4.79 Å². The van der Waals surface area contributed by atoms with Crippen LogP contribution in [0.1, 0.15) is 0 Å². The predicted molar refractivity (Wildman–Crippen MR) is 85.8 cm³/mol. The molecule has 0 atom stereocenters. The fraction of sp³-hybridized carbons (Fsp3) is 0.312. The first-order chi connectivity index (χ1) is 10.8. The molecule has 1 aliphatic rings. The Bertz CT molecular complexity index is 596. The lowest BCUT2D eigenvalue weighted by atomic mass is 10.3. The number of amides is 1. The van der Waals surface area contributed by atoms with E-state index < -0.39 is 0 Å². The van der Waals surface area contributed by atoms with Crippen LogP contribution in [0.3, 0.4) is 0 Å². The van der Waals surface area contributed by atoms with E-state index in [2.05, 4.69) is 20.2 Å². The zero-order valence-electron chi connectivity index (χ0n) is 12.4. The van der Waals surface area contributed by atoms with Crippen molar-refractivity contribution in [2.75, 3.05) is 42.9 Å². The maximum absolute atomic E-state index is 12.2. The van der Waals surface area contributed by atoms with Gasteiger partial charge in [-0.25, -0.2) is 9.97 Å². The number of hydrogen-bond acceptors (Lipinski definition) is 5. The number of aromatic nitrogens is 2. The van der Waals surface area contributed by atoms with Gasteiger partial charge in [0.2, 0.25) is 11.9 Å². The normalized spacial score (nSPS) is 14.7. The molecular weight excluding hydrogens is 278 g/mol. The quantitative estimate of drug-likeness (QED) is 0.920. The molecule has 3 rings (SSSR count). The van der Waals surface area contributed by atoms with E-state index in [1.807, 2.05) is 35.2 Å². The van der Waals surface area contributed by atoms with Crippen LogP contribution < -0.4 is 10.2 Å². The second kappa shape index (κ2) is 6.89. The van der Waals surface area contributed by atoms with Gasteiger partial charge in [-0.05, 0) is 18.2 Å². The smallest absolute Gasteiger partial charge is 0.241 e. The van der Waals surface area contributed by atoms with E-state index >= 15 is 0 Å². The molecule has 114 valence electrons. The molecule has 6 heteroatoms. The topological polar surface area (TPSA) is 61.4 Å². The summed E-state index contributed by atoms with van der Waals surface area (Å²) in [5, 5.41) is 3.16. The second-order valence-electron chi connectivity index (χ2n) is 5.14. The minimum absolute atomic E-state index is 0.123. The van der Waals surface area contributed by atoms with Gasteiger partial charge in [0.15, 0.2) is 0 Å². The van der Waals surface area contributed by atoms with E-state index in [0.29, 0.717) is 19.6 Å². The summed E-state index contributed by atoms with van der Waals surface area (Å²) in [6.45, 7) is 3.26. The van der Waals surface area contributed by atoms with Crippen molar-refractivity contribution in [3.05, 3.63) is 48.8 Å². The van der Waals surface area contributed by atoms with Gasteiger partial charge in [-0.2, -0.15) is 0 Å². The third kappa shape index (κ3) is 3.52. The Morgan fingerprint density at radius 3 is 2.36 bits per heavy atom. The number of hydrogen-bond donors (Lipinski definition) is 1. The number of nitrogens with one attached hydrogen (secondary N) is 1. The highest BCUT2D eigenvalue weighted by atomic mass is 16.2. The molecule has 2 aromatic rings. The number of piperazine rings is 1. The lowest BCUT2D eigenvalue weighted by Gasteiger charge is -2.34. The molecule has 1 aromatic carbocycles. The van der Waals surface area contributed by atoms with Crippen LogP contribution in [0.25, 0.3) is 0 Å². The number of carbonyl (C=O) groups is 1. The third-order valence-electron chi connectivity index (χ3n) is 3.68. The molecule has 6 nitrogen and oxygen atoms in total.